The third-order valence-corrected chi connectivity index (χ3v) is 3.25. The molecule has 3 nitrogen and oxygen atoms in total. The highest BCUT2D eigenvalue weighted by molar-refractivity contribution is 9.10. The van der Waals surface area contributed by atoms with Gasteiger partial charge in [-0.25, -0.2) is 0 Å². The normalized spacial score (nSPS) is 15.0. The second-order valence-corrected chi connectivity index (χ2v) is 5.12. The van der Waals surface area contributed by atoms with Crippen LogP contribution < -0.4 is 4.90 Å². The van der Waals surface area contributed by atoms with Crippen LogP contribution in [0.15, 0.2) is 28.7 Å². The molecule has 0 N–H and O–H groups in total. The molecule has 0 spiro atoms. The Bertz CT molecular complexity index is 334. The molecule has 1 aliphatic rings. The van der Waals surface area contributed by atoms with Gasteiger partial charge in [-0.15, -0.1) is 0 Å². The van der Waals surface area contributed by atoms with Gasteiger partial charge in [-0.3, -0.25) is 4.79 Å². The third kappa shape index (κ3) is 5.33. The maximum absolute atomic E-state index is 10.3. The number of halogens is 1. The first-order valence-corrected chi connectivity index (χ1v) is 6.55. The number of amides is 1. The Morgan fingerprint density at radius 3 is 2.12 bits per heavy atom. The van der Waals surface area contributed by atoms with E-state index in [4.69, 9.17) is 0 Å². The van der Waals surface area contributed by atoms with Crippen LogP contribution in [0.4, 0.5) is 5.69 Å². The molecule has 1 aromatic carbocycles. The van der Waals surface area contributed by atoms with Crippen LogP contribution >= 0.6 is 15.9 Å². The zero-order chi connectivity index (χ0) is 12.7. The summed E-state index contributed by atoms with van der Waals surface area (Å²) < 4.78 is 1.01. The minimum absolute atomic E-state index is 0.781. The number of rotatable bonds is 2. The maximum atomic E-state index is 10.3. The van der Waals surface area contributed by atoms with E-state index in [0.717, 1.165) is 16.6 Å². The van der Waals surface area contributed by atoms with Crippen LogP contribution in [0.3, 0.4) is 0 Å². The quantitative estimate of drug-likeness (QED) is 0.784. The van der Waals surface area contributed by atoms with E-state index in [9.17, 15) is 4.79 Å². The van der Waals surface area contributed by atoms with Crippen molar-refractivity contribution in [2.45, 2.75) is 12.8 Å². The van der Waals surface area contributed by atoms with Crippen molar-refractivity contribution < 1.29 is 4.79 Å². The van der Waals surface area contributed by atoms with Gasteiger partial charge in [-0.05, 0) is 57.2 Å². The van der Waals surface area contributed by atoms with Crippen molar-refractivity contribution in [1.29, 1.82) is 0 Å². The molecule has 0 radical (unpaired) electrons. The van der Waals surface area contributed by atoms with Gasteiger partial charge in [-0.1, -0.05) is 15.9 Å². The van der Waals surface area contributed by atoms with Crippen LogP contribution in [0.25, 0.3) is 0 Å². The molecule has 17 heavy (non-hydrogen) atoms. The first kappa shape index (κ1) is 14.2. The number of benzene rings is 1. The Morgan fingerprint density at radius 1 is 1.24 bits per heavy atom. The zero-order valence-electron chi connectivity index (χ0n) is 10.4. The molecule has 0 saturated carbocycles. The highest BCUT2D eigenvalue weighted by Gasteiger charge is 2.03. The minimum Gasteiger partial charge on any atom is -0.318 e. The average Bonchev–Trinajstić information content (AvgIpc) is 2.81. The van der Waals surface area contributed by atoms with Gasteiger partial charge in [0.2, 0.25) is 6.41 Å². The van der Waals surface area contributed by atoms with Crippen LogP contribution in [-0.2, 0) is 4.79 Å². The number of hydrogen-bond acceptors (Lipinski definition) is 2. The molecule has 0 aromatic heterocycles. The van der Waals surface area contributed by atoms with Crippen LogP contribution in [0.5, 0.6) is 0 Å². The molecule has 1 heterocycles. The van der Waals surface area contributed by atoms with E-state index in [0.29, 0.717) is 0 Å². The lowest BCUT2D eigenvalue weighted by molar-refractivity contribution is -0.107. The Kier molecular flexibility index (Phi) is 6.22. The largest absolute Gasteiger partial charge is 0.318 e. The van der Waals surface area contributed by atoms with Gasteiger partial charge in [0.25, 0.3) is 0 Å². The van der Waals surface area contributed by atoms with Gasteiger partial charge in [0, 0.05) is 17.2 Å². The van der Waals surface area contributed by atoms with Crippen molar-refractivity contribution in [2.24, 2.45) is 0 Å². The molecule has 94 valence electrons. The Hall–Kier alpha value is -0.870. The second-order valence-electron chi connectivity index (χ2n) is 4.20. The van der Waals surface area contributed by atoms with Crippen molar-refractivity contribution in [1.82, 2.24) is 4.90 Å². The molecular weight excluding hydrogens is 280 g/mol. The van der Waals surface area contributed by atoms with Gasteiger partial charge < -0.3 is 9.80 Å². The van der Waals surface area contributed by atoms with E-state index in [1.54, 1.807) is 7.05 Å². The number of anilines is 1. The van der Waals surface area contributed by atoms with Gasteiger partial charge in [0.1, 0.15) is 0 Å². The second kappa shape index (κ2) is 7.45. The van der Waals surface area contributed by atoms with Crippen LogP contribution in [-0.4, -0.2) is 38.5 Å². The third-order valence-electron chi connectivity index (χ3n) is 2.72. The van der Waals surface area contributed by atoms with E-state index < -0.39 is 0 Å². The Balaban J connectivity index is 0.000000202. The first-order chi connectivity index (χ1) is 8.13. The minimum atomic E-state index is 0.781. The van der Waals surface area contributed by atoms with E-state index in [1.165, 1.54) is 30.8 Å². The van der Waals surface area contributed by atoms with Crippen molar-refractivity contribution in [3.63, 3.8) is 0 Å². The van der Waals surface area contributed by atoms with Crippen LogP contribution in [0, 0.1) is 0 Å². The Labute approximate surface area is 112 Å². The highest BCUT2D eigenvalue weighted by Crippen LogP contribution is 2.15. The van der Waals surface area contributed by atoms with Crippen molar-refractivity contribution in [3.05, 3.63) is 28.7 Å². The van der Waals surface area contributed by atoms with E-state index in [1.807, 2.05) is 24.3 Å². The molecule has 1 aliphatic heterocycles. The lowest BCUT2D eigenvalue weighted by Gasteiger charge is -2.09. The molecular formula is C13H19BrN2O. The summed E-state index contributed by atoms with van der Waals surface area (Å²) >= 11 is 3.31. The summed E-state index contributed by atoms with van der Waals surface area (Å²) in [6, 6.07) is 7.54. The summed E-state index contributed by atoms with van der Waals surface area (Å²) in [5, 5.41) is 0. The Morgan fingerprint density at radius 2 is 1.76 bits per heavy atom. The molecule has 4 heteroatoms. The summed E-state index contributed by atoms with van der Waals surface area (Å²) in [5.74, 6) is 0. The van der Waals surface area contributed by atoms with E-state index in [-0.39, 0.29) is 0 Å². The number of hydrogen-bond donors (Lipinski definition) is 0. The molecule has 0 atom stereocenters. The van der Waals surface area contributed by atoms with Crippen molar-refractivity contribution in [2.75, 3.05) is 32.1 Å². The van der Waals surface area contributed by atoms with Gasteiger partial charge >= 0.3 is 0 Å². The smallest absolute Gasteiger partial charge is 0.213 e. The fraction of sp³-hybridized carbons (Fsp3) is 0.462. The maximum Gasteiger partial charge on any atom is 0.213 e. The molecule has 1 fully saturated rings. The summed E-state index contributed by atoms with van der Waals surface area (Å²) in [6.07, 6.45) is 3.61. The highest BCUT2D eigenvalue weighted by atomic mass is 79.9. The van der Waals surface area contributed by atoms with Gasteiger partial charge in [0.15, 0.2) is 0 Å². The summed E-state index contributed by atoms with van der Waals surface area (Å²) in [4.78, 5) is 14.2. The van der Waals surface area contributed by atoms with Gasteiger partial charge in [0.05, 0.1) is 0 Å². The van der Waals surface area contributed by atoms with Gasteiger partial charge in [-0.2, -0.15) is 0 Å². The molecule has 1 amide bonds. The number of carbonyl (C=O) groups excluding carboxylic acids is 1. The molecule has 0 bridgehead atoms. The summed E-state index contributed by atoms with van der Waals surface area (Å²) in [7, 11) is 3.89. The number of likely N-dealkylation sites (tertiary alicyclic amines) is 1. The lowest BCUT2D eigenvalue weighted by Crippen LogP contribution is -2.13. The average molecular weight is 299 g/mol. The summed E-state index contributed by atoms with van der Waals surface area (Å²) in [5.41, 5.74) is 0.892. The van der Waals surface area contributed by atoms with Crippen molar-refractivity contribution in [3.8, 4) is 0 Å². The fourth-order valence-electron chi connectivity index (χ4n) is 1.61. The number of nitrogens with zero attached hydrogens (tertiary/aromatic N) is 2. The van der Waals surface area contributed by atoms with Crippen LogP contribution in [0.2, 0.25) is 0 Å². The monoisotopic (exact) mass is 298 g/mol. The predicted molar refractivity (Wildman–Crippen MR) is 75.3 cm³/mol. The molecule has 2 rings (SSSR count). The molecule has 1 saturated heterocycles. The summed E-state index contributed by atoms with van der Waals surface area (Å²) in [6.45, 7) is 2.64. The SMILES string of the molecule is CN(C=O)c1ccc(Br)cc1.CN1CCCC1. The first-order valence-electron chi connectivity index (χ1n) is 5.75. The molecule has 0 aliphatic carbocycles. The number of carbonyl (C=O) groups is 1. The zero-order valence-corrected chi connectivity index (χ0v) is 12.0. The topological polar surface area (TPSA) is 23.6 Å². The lowest BCUT2D eigenvalue weighted by atomic mass is 10.3. The standard InChI is InChI=1S/C8H8BrNO.C5H11N/c1-10(6-11)8-4-2-7(9)3-5-8;1-6-4-2-3-5-6/h2-6H,1H3;2-5H2,1H3. The van der Waals surface area contributed by atoms with E-state index in [2.05, 4.69) is 27.9 Å². The van der Waals surface area contributed by atoms with Crippen molar-refractivity contribution >= 4 is 28.0 Å². The molecule has 0 unspecified atom stereocenters. The van der Waals surface area contributed by atoms with E-state index >= 15 is 0 Å². The molecule has 1 aromatic rings. The predicted octanol–water partition coefficient (Wildman–Crippen LogP) is 2.75. The fourth-order valence-corrected chi connectivity index (χ4v) is 1.88. The van der Waals surface area contributed by atoms with Crippen LogP contribution in [0.1, 0.15) is 12.8 Å².